The maximum absolute atomic E-state index is 11.4. The molecule has 0 saturated carbocycles. The van der Waals surface area contributed by atoms with E-state index in [9.17, 15) is 9.90 Å². The van der Waals surface area contributed by atoms with Gasteiger partial charge < -0.3 is 9.67 Å². The normalized spacial score (nSPS) is 11.0. The van der Waals surface area contributed by atoms with E-state index in [1.54, 1.807) is 24.3 Å². The fourth-order valence-electron chi connectivity index (χ4n) is 2.49. The third-order valence-corrected chi connectivity index (χ3v) is 3.66. The van der Waals surface area contributed by atoms with Crippen molar-refractivity contribution in [1.29, 1.82) is 0 Å². The summed E-state index contributed by atoms with van der Waals surface area (Å²) in [6.07, 6.45) is 0. The number of hydrogen-bond donors (Lipinski definition) is 1. The molecule has 1 heterocycles. The summed E-state index contributed by atoms with van der Waals surface area (Å²) in [5.74, 6) is -0.314. The van der Waals surface area contributed by atoms with E-state index in [-0.39, 0.29) is 5.56 Å². The predicted octanol–water partition coefficient (Wildman–Crippen LogP) is 4.07. The summed E-state index contributed by atoms with van der Waals surface area (Å²) in [6, 6.07) is 12.4. The summed E-state index contributed by atoms with van der Waals surface area (Å²) in [5, 5.41) is 9.99. The third-order valence-electron chi connectivity index (χ3n) is 3.42. The van der Waals surface area contributed by atoms with Gasteiger partial charge in [-0.15, -0.1) is 0 Å². The maximum Gasteiger partial charge on any atom is 0.336 e. The van der Waals surface area contributed by atoms with Crippen LogP contribution in [0.4, 0.5) is 0 Å². The second-order valence-corrected chi connectivity index (χ2v) is 5.10. The van der Waals surface area contributed by atoms with Crippen molar-refractivity contribution in [3.8, 4) is 11.4 Å². The molecule has 0 saturated heterocycles. The van der Waals surface area contributed by atoms with Gasteiger partial charge in [0.2, 0.25) is 0 Å². The summed E-state index contributed by atoms with van der Waals surface area (Å²) in [6.45, 7) is 2.68. The second kappa shape index (κ2) is 5.22. The van der Waals surface area contributed by atoms with Crippen LogP contribution in [0.1, 0.15) is 17.3 Å². The van der Waals surface area contributed by atoms with E-state index in [2.05, 4.69) is 4.98 Å². The van der Waals surface area contributed by atoms with Gasteiger partial charge in [-0.2, -0.15) is 0 Å². The average Bonchev–Trinajstić information content (AvgIpc) is 2.84. The Balaban J connectivity index is 2.33. The van der Waals surface area contributed by atoms with Gasteiger partial charge in [0.1, 0.15) is 5.82 Å². The number of rotatable bonds is 3. The smallest absolute Gasteiger partial charge is 0.336 e. The van der Waals surface area contributed by atoms with Gasteiger partial charge in [-0.1, -0.05) is 29.8 Å². The molecule has 106 valence electrons. The molecule has 0 aliphatic carbocycles. The highest BCUT2D eigenvalue weighted by molar-refractivity contribution is 6.31. The van der Waals surface area contributed by atoms with Crippen molar-refractivity contribution in [1.82, 2.24) is 9.55 Å². The lowest BCUT2D eigenvalue weighted by atomic mass is 10.1. The Morgan fingerprint density at radius 3 is 2.76 bits per heavy atom. The fraction of sp³-hybridized carbons (Fsp3) is 0.125. The van der Waals surface area contributed by atoms with Gasteiger partial charge in [0.05, 0.1) is 16.6 Å². The highest BCUT2D eigenvalue weighted by Gasteiger charge is 2.17. The lowest BCUT2D eigenvalue weighted by molar-refractivity contribution is 0.0697. The molecule has 1 aromatic heterocycles. The van der Waals surface area contributed by atoms with Gasteiger partial charge >= 0.3 is 5.97 Å². The molecule has 0 radical (unpaired) electrons. The molecule has 3 aromatic rings. The molecule has 5 heteroatoms. The number of carboxylic acids is 1. The Morgan fingerprint density at radius 2 is 2.05 bits per heavy atom. The van der Waals surface area contributed by atoms with Gasteiger partial charge in [0.25, 0.3) is 0 Å². The number of fused-ring (bicyclic) bond motifs is 1. The number of aromatic nitrogens is 2. The zero-order valence-electron chi connectivity index (χ0n) is 11.4. The topological polar surface area (TPSA) is 55.1 Å². The van der Waals surface area contributed by atoms with Crippen LogP contribution in [0.3, 0.4) is 0 Å². The molecule has 0 bridgehead atoms. The predicted molar refractivity (Wildman–Crippen MR) is 82.8 cm³/mol. The number of aromatic carboxylic acids is 1. The zero-order chi connectivity index (χ0) is 15.0. The quantitative estimate of drug-likeness (QED) is 0.793. The van der Waals surface area contributed by atoms with Crippen LogP contribution in [0.25, 0.3) is 22.4 Å². The van der Waals surface area contributed by atoms with Crippen LogP contribution in [0.5, 0.6) is 0 Å². The molecule has 3 rings (SSSR count). The Hall–Kier alpha value is -2.33. The van der Waals surface area contributed by atoms with Crippen molar-refractivity contribution in [3.05, 3.63) is 53.1 Å². The zero-order valence-corrected chi connectivity index (χ0v) is 12.1. The number of carbonyl (C=O) groups is 1. The van der Waals surface area contributed by atoms with Crippen LogP contribution in [-0.2, 0) is 6.54 Å². The molecule has 0 aliphatic heterocycles. The van der Waals surface area contributed by atoms with Crippen LogP contribution in [0.2, 0.25) is 5.02 Å². The SMILES string of the molecule is CCn1c(-c2ccccc2C(=O)O)nc2ccc(Cl)cc21. The molecule has 0 fully saturated rings. The van der Waals surface area contributed by atoms with Crippen molar-refractivity contribution in [2.24, 2.45) is 0 Å². The monoisotopic (exact) mass is 300 g/mol. The van der Waals surface area contributed by atoms with Gasteiger partial charge in [-0.3, -0.25) is 0 Å². The molecular formula is C16H13ClN2O2. The molecule has 0 atom stereocenters. The fourth-order valence-corrected chi connectivity index (χ4v) is 2.65. The van der Waals surface area contributed by atoms with Gasteiger partial charge in [-0.05, 0) is 31.2 Å². The number of imidazole rings is 1. The van der Waals surface area contributed by atoms with Gasteiger partial charge in [0, 0.05) is 17.1 Å². The Bertz CT molecular complexity index is 839. The maximum atomic E-state index is 11.4. The lowest BCUT2D eigenvalue weighted by Gasteiger charge is -2.08. The largest absolute Gasteiger partial charge is 0.478 e. The standard InChI is InChI=1S/C16H13ClN2O2/c1-2-19-14-9-10(17)7-8-13(14)18-15(19)11-5-3-4-6-12(11)16(20)21/h3-9H,2H2,1H3,(H,20,21). The van der Waals surface area contributed by atoms with Crippen LogP contribution in [0, 0.1) is 0 Å². The third kappa shape index (κ3) is 2.28. The van der Waals surface area contributed by atoms with Crippen molar-refractivity contribution in [2.75, 3.05) is 0 Å². The lowest BCUT2D eigenvalue weighted by Crippen LogP contribution is -2.04. The molecule has 0 unspecified atom stereocenters. The van der Waals surface area contributed by atoms with Crippen LogP contribution >= 0.6 is 11.6 Å². The number of carboxylic acid groups (broad SMARTS) is 1. The molecule has 21 heavy (non-hydrogen) atoms. The van der Waals surface area contributed by atoms with Crippen molar-refractivity contribution in [2.45, 2.75) is 13.5 Å². The Kier molecular flexibility index (Phi) is 3.39. The second-order valence-electron chi connectivity index (χ2n) is 4.66. The average molecular weight is 301 g/mol. The first kappa shape index (κ1) is 13.6. The van der Waals surface area contributed by atoms with E-state index in [0.29, 0.717) is 23.0 Å². The van der Waals surface area contributed by atoms with Crippen LogP contribution < -0.4 is 0 Å². The minimum Gasteiger partial charge on any atom is -0.478 e. The van der Waals surface area contributed by atoms with Crippen molar-refractivity contribution >= 4 is 28.6 Å². The molecule has 0 spiro atoms. The Labute approximate surface area is 126 Å². The number of aryl methyl sites for hydroxylation is 1. The first-order chi connectivity index (χ1) is 10.1. The van der Waals surface area contributed by atoms with Gasteiger partial charge in [-0.25, -0.2) is 9.78 Å². The molecule has 2 aromatic carbocycles. The first-order valence-electron chi connectivity index (χ1n) is 6.60. The highest BCUT2D eigenvalue weighted by atomic mass is 35.5. The molecule has 0 aliphatic rings. The van der Waals surface area contributed by atoms with Crippen molar-refractivity contribution in [3.63, 3.8) is 0 Å². The summed E-state index contributed by atoms with van der Waals surface area (Å²) >= 11 is 6.05. The van der Waals surface area contributed by atoms with Crippen molar-refractivity contribution < 1.29 is 9.90 Å². The van der Waals surface area contributed by atoms with E-state index in [1.165, 1.54) is 0 Å². The van der Waals surface area contributed by atoms with Crippen LogP contribution in [0.15, 0.2) is 42.5 Å². The number of nitrogens with zero attached hydrogens (tertiary/aromatic N) is 2. The number of hydrogen-bond acceptors (Lipinski definition) is 2. The van der Waals surface area contributed by atoms with E-state index in [1.807, 2.05) is 29.7 Å². The summed E-state index contributed by atoms with van der Waals surface area (Å²) in [4.78, 5) is 16.0. The van der Waals surface area contributed by atoms with E-state index >= 15 is 0 Å². The number of benzene rings is 2. The highest BCUT2D eigenvalue weighted by Crippen LogP contribution is 2.29. The van der Waals surface area contributed by atoms with E-state index < -0.39 is 5.97 Å². The van der Waals surface area contributed by atoms with Gasteiger partial charge in [0.15, 0.2) is 0 Å². The molecule has 0 amide bonds. The molecule has 4 nitrogen and oxygen atoms in total. The Morgan fingerprint density at radius 1 is 1.29 bits per heavy atom. The summed E-state index contributed by atoms with van der Waals surface area (Å²) in [5.41, 5.74) is 2.56. The van der Waals surface area contributed by atoms with E-state index in [0.717, 1.165) is 11.0 Å². The number of halogens is 1. The van der Waals surface area contributed by atoms with E-state index in [4.69, 9.17) is 11.6 Å². The first-order valence-corrected chi connectivity index (χ1v) is 6.98. The summed E-state index contributed by atoms with van der Waals surface area (Å²) in [7, 11) is 0. The molecule has 1 N–H and O–H groups in total. The summed E-state index contributed by atoms with van der Waals surface area (Å²) < 4.78 is 1.98. The van der Waals surface area contributed by atoms with Crippen LogP contribution in [-0.4, -0.2) is 20.6 Å². The minimum absolute atomic E-state index is 0.244. The minimum atomic E-state index is -0.960. The molecular weight excluding hydrogens is 288 g/mol.